The highest BCUT2D eigenvalue weighted by Crippen LogP contribution is 2.37. The zero-order chi connectivity index (χ0) is 15.8. The van der Waals surface area contributed by atoms with E-state index in [9.17, 15) is 22.8 Å². The van der Waals surface area contributed by atoms with Crippen molar-refractivity contribution in [1.29, 1.82) is 0 Å². The van der Waals surface area contributed by atoms with Crippen LogP contribution in [0.4, 0.5) is 18.0 Å². The van der Waals surface area contributed by atoms with Crippen molar-refractivity contribution in [2.24, 2.45) is 17.8 Å². The number of aliphatic carboxylic acids is 1. The van der Waals surface area contributed by atoms with Crippen LogP contribution in [-0.4, -0.2) is 47.3 Å². The number of nitrogens with zero attached hydrogens (tertiary/aromatic N) is 1. The highest BCUT2D eigenvalue weighted by atomic mass is 19.4. The summed E-state index contributed by atoms with van der Waals surface area (Å²) in [6, 6.07) is -0.627. The normalized spacial score (nSPS) is 33.2. The number of alkyl halides is 3. The molecule has 2 unspecified atom stereocenters. The van der Waals surface area contributed by atoms with E-state index in [1.807, 2.05) is 6.92 Å². The number of hydrogen-bond donors (Lipinski definition) is 2. The molecule has 1 saturated heterocycles. The molecule has 21 heavy (non-hydrogen) atoms. The van der Waals surface area contributed by atoms with Crippen molar-refractivity contribution in [2.45, 2.75) is 38.4 Å². The van der Waals surface area contributed by atoms with Gasteiger partial charge in [-0.05, 0) is 18.8 Å². The molecule has 5 nitrogen and oxygen atoms in total. The molecule has 0 bridgehead atoms. The molecule has 1 aliphatic heterocycles. The molecule has 0 aromatic carbocycles. The van der Waals surface area contributed by atoms with Gasteiger partial charge < -0.3 is 15.3 Å². The molecule has 2 aliphatic rings. The fraction of sp³-hybridized carbons (Fsp3) is 0.846. The first-order chi connectivity index (χ1) is 9.70. The molecular weight excluding hydrogens is 289 g/mol. The Bertz CT molecular complexity index is 427. The van der Waals surface area contributed by atoms with Crippen molar-refractivity contribution < 1.29 is 27.9 Å². The van der Waals surface area contributed by atoms with Crippen molar-refractivity contribution in [3.8, 4) is 0 Å². The lowest BCUT2D eigenvalue weighted by Gasteiger charge is -2.23. The molecule has 1 heterocycles. The van der Waals surface area contributed by atoms with Gasteiger partial charge in [0.25, 0.3) is 0 Å². The summed E-state index contributed by atoms with van der Waals surface area (Å²) < 4.78 is 38.6. The van der Waals surface area contributed by atoms with Crippen molar-refractivity contribution >= 4 is 12.0 Å². The second kappa shape index (κ2) is 5.73. The maximum Gasteiger partial charge on any atom is 0.394 e. The molecule has 1 saturated carbocycles. The van der Waals surface area contributed by atoms with Gasteiger partial charge in [-0.2, -0.15) is 13.2 Å². The van der Waals surface area contributed by atoms with Crippen LogP contribution in [0.15, 0.2) is 0 Å². The molecule has 8 heteroatoms. The molecule has 2 rings (SSSR count). The molecule has 0 spiro atoms. The minimum Gasteiger partial charge on any atom is -0.481 e. The van der Waals surface area contributed by atoms with Crippen LogP contribution in [0.3, 0.4) is 0 Å². The van der Waals surface area contributed by atoms with Gasteiger partial charge in [0.05, 0.1) is 11.8 Å². The lowest BCUT2D eigenvalue weighted by Crippen LogP contribution is -2.45. The van der Waals surface area contributed by atoms with Gasteiger partial charge in [-0.1, -0.05) is 13.3 Å². The van der Waals surface area contributed by atoms with Crippen LogP contribution in [-0.2, 0) is 4.79 Å². The Morgan fingerprint density at radius 2 is 1.90 bits per heavy atom. The van der Waals surface area contributed by atoms with Gasteiger partial charge in [-0.25, -0.2) is 4.79 Å². The summed E-state index contributed by atoms with van der Waals surface area (Å²) in [6.07, 6.45) is -1.84. The molecule has 1 aliphatic carbocycles. The lowest BCUT2D eigenvalue weighted by molar-refractivity contribution is -0.187. The Hall–Kier alpha value is -1.47. The number of nitrogens with one attached hydrogen (secondary N) is 1. The third-order valence-corrected chi connectivity index (χ3v) is 4.52. The van der Waals surface area contributed by atoms with Crippen molar-refractivity contribution in [3.63, 3.8) is 0 Å². The zero-order valence-corrected chi connectivity index (χ0v) is 11.7. The van der Waals surface area contributed by atoms with Crippen LogP contribution in [0, 0.1) is 17.8 Å². The quantitative estimate of drug-likeness (QED) is 0.820. The van der Waals surface area contributed by atoms with E-state index in [1.54, 1.807) is 0 Å². The van der Waals surface area contributed by atoms with E-state index in [2.05, 4.69) is 5.32 Å². The number of likely N-dealkylation sites (tertiary alicyclic amines) is 1. The molecule has 4 atom stereocenters. The van der Waals surface area contributed by atoms with E-state index >= 15 is 0 Å². The first-order valence-corrected chi connectivity index (χ1v) is 7.05. The van der Waals surface area contributed by atoms with Crippen LogP contribution in [0.25, 0.3) is 0 Å². The number of carbonyl (C=O) groups is 2. The lowest BCUT2D eigenvalue weighted by atomic mass is 9.96. The van der Waals surface area contributed by atoms with Crippen molar-refractivity contribution in [3.05, 3.63) is 0 Å². The number of halogens is 3. The summed E-state index contributed by atoms with van der Waals surface area (Å²) in [6.45, 7) is 1.00. The molecule has 2 N–H and O–H groups in total. The summed E-state index contributed by atoms with van der Waals surface area (Å²) in [5.41, 5.74) is 0. The average molecular weight is 308 g/mol. The number of hydrogen-bond acceptors (Lipinski definition) is 2. The SMILES string of the molecule is CC1CCCC1NC(=O)N1C[C@@H](C(F)(F)F)[C@H](C(=O)O)C1. The summed E-state index contributed by atoms with van der Waals surface area (Å²) in [5, 5.41) is 11.6. The van der Waals surface area contributed by atoms with E-state index in [0.29, 0.717) is 5.92 Å². The van der Waals surface area contributed by atoms with Crippen LogP contribution < -0.4 is 5.32 Å². The van der Waals surface area contributed by atoms with Gasteiger partial charge in [0, 0.05) is 19.1 Å². The van der Waals surface area contributed by atoms with Crippen molar-refractivity contribution in [2.75, 3.05) is 13.1 Å². The molecule has 120 valence electrons. The van der Waals surface area contributed by atoms with Gasteiger partial charge >= 0.3 is 18.2 Å². The fourth-order valence-electron chi connectivity index (χ4n) is 3.16. The second-order valence-corrected chi connectivity index (χ2v) is 5.96. The fourth-order valence-corrected chi connectivity index (χ4v) is 3.16. The third-order valence-electron chi connectivity index (χ3n) is 4.52. The zero-order valence-electron chi connectivity index (χ0n) is 11.7. The van der Waals surface area contributed by atoms with Gasteiger partial charge in [0.2, 0.25) is 0 Å². The molecular formula is C13H19F3N2O3. The number of rotatable bonds is 2. The number of carboxylic acid groups (broad SMARTS) is 1. The molecule has 0 aromatic rings. The van der Waals surface area contributed by atoms with Crippen LogP contribution in [0.1, 0.15) is 26.2 Å². The summed E-state index contributed by atoms with van der Waals surface area (Å²) in [4.78, 5) is 24.0. The maximum atomic E-state index is 12.9. The standard InChI is InChI=1S/C13H19F3N2O3/c1-7-3-2-4-10(7)17-12(21)18-5-8(11(19)20)9(6-18)13(14,15)16/h7-10H,2-6H2,1H3,(H,17,21)(H,19,20)/t7?,8-,9-,10?/m1/s1. The first-order valence-electron chi connectivity index (χ1n) is 7.05. The minimum absolute atomic E-state index is 0.0364. The van der Waals surface area contributed by atoms with Crippen LogP contribution in [0.2, 0.25) is 0 Å². The monoisotopic (exact) mass is 308 g/mol. The smallest absolute Gasteiger partial charge is 0.394 e. The average Bonchev–Trinajstić information content (AvgIpc) is 2.95. The van der Waals surface area contributed by atoms with Crippen LogP contribution in [0.5, 0.6) is 0 Å². The van der Waals surface area contributed by atoms with Gasteiger partial charge in [0.1, 0.15) is 0 Å². The highest BCUT2D eigenvalue weighted by molar-refractivity contribution is 5.78. The molecule has 0 radical (unpaired) electrons. The first kappa shape index (κ1) is 15.9. The van der Waals surface area contributed by atoms with Gasteiger partial charge in [-0.15, -0.1) is 0 Å². The van der Waals surface area contributed by atoms with Gasteiger partial charge in [0.15, 0.2) is 0 Å². The predicted molar refractivity (Wildman–Crippen MR) is 67.6 cm³/mol. The maximum absolute atomic E-state index is 12.9. The third kappa shape index (κ3) is 3.41. The number of carboxylic acids is 1. The second-order valence-electron chi connectivity index (χ2n) is 5.96. The van der Waals surface area contributed by atoms with E-state index in [-0.39, 0.29) is 6.04 Å². The Morgan fingerprint density at radius 1 is 1.24 bits per heavy atom. The van der Waals surface area contributed by atoms with Crippen LogP contribution >= 0.6 is 0 Å². The predicted octanol–water partition coefficient (Wildman–Crippen LogP) is 2.08. The topological polar surface area (TPSA) is 69.6 Å². The number of urea groups is 1. The Kier molecular flexibility index (Phi) is 4.34. The molecule has 0 aromatic heterocycles. The largest absolute Gasteiger partial charge is 0.481 e. The van der Waals surface area contributed by atoms with E-state index in [4.69, 9.17) is 5.11 Å². The Balaban J connectivity index is 2.01. The van der Waals surface area contributed by atoms with E-state index < -0.39 is 43.1 Å². The Labute approximate surface area is 120 Å². The summed E-state index contributed by atoms with van der Waals surface area (Å²) in [7, 11) is 0. The summed E-state index contributed by atoms with van der Waals surface area (Å²) >= 11 is 0. The molecule has 2 fully saturated rings. The van der Waals surface area contributed by atoms with E-state index in [1.165, 1.54) is 0 Å². The molecule has 2 amide bonds. The minimum atomic E-state index is -4.61. The van der Waals surface area contributed by atoms with Gasteiger partial charge in [-0.3, -0.25) is 4.79 Å². The number of amides is 2. The van der Waals surface area contributed by atoms with E-state index in [0.717, 1.165) is 24.2 Å². The number of carbonyl (C=O) groups excluding carboxylic acids is 1. The highest BCUT2D eigenvalue weighted by Gasteiger charge is 2.53. The van der Waals surface area contributed by atoms with Crippen molar-refractivity contribution in [1.82, 2.24) is 10.2 Å². The summed E-state index contributed by atoms with van der Waals surface area (Å²) in [5.74, 6) is -4.80. The Morgan fingerprint density at radius 3 is 2.33 bits per heavy atom.